The molecule has 0 aliphatic heterocycles. The van der Waals surface area contributed by atoms with Crippen LogP contribution in [0.3, 0.4) is 0 Å². The third kappa shape index (κ3) is 4.91. The molecule has 0 spiro atoms. The van der Waals surface area contributed by atoms with Crippen molar-refractivity contribution >= 4 is 34.9 Å². The number of rotatable bonds is 7. The Labute approximate surface area is 172 Å². The Balaban J connectivity index is 1.60. The van der Waals surface area contributed by atoms with E-state index in [9.17, 15) is 4.79 Å². The van der Waals surface area contributed by atoms with Gasteiger partial charge in [0.25, 0.3) is 0 Å². The van der Waals surface area contributed by atoms with Gasteiger partial charge in [-0.3, -0.25) is 4.79 Å². The molecule has 7 heteroatoms. The van der Waals surface area contributed by atoms with Crippen LogP contribution in [0.4, 0.5) is 0 Å². The van der Waals surface area contributed by atoms with E-state index in [0.29, 0.717) is 23.1 Å². The number of amides is 1. The number of carbonyl (C=O) groups is 1. The van der Waals surface area contributed by atoms with Crippen molar-refractivity contribution in [3.63, 3.8) is 0 Å². The number of benzene rings is 2. The molecular weight excluding hydrogens is 396 g/mol. The first-order valence-electron chi connectivity index (χ1n) is 8.48. The van der Waals surface area contributed by atoms with Crippen LogP contribution < -0.4 is 14.8 Å². The minimum Gasteiger partial charge on any atom is -0.493 e. The van der Waals surface area contributed by atoms with Crippen LogP contribution >= 0.6 is 22.9 Å². The number of hydrogen-bond acceptors (Lipinski definition) is 5. The molecule has 0 fully saturated rings. The lowest BCUT2D eigenvalue weighted by Crippen LogP contribution is -2.20. The zero-order valence-electron chi connectivity index (χ0n) is 15.4. The quantitative estimate of drug-likeness (QED) is 0.563. The fourth-order valence-electron chi connectivity index (χ4n) is 2.54. The number of nitrogens with zero attached hydrogens (tertiary/aromatic N) is 1. The summed E-state index contributed by atoms with van der Waals surface area (Å²) in [6.45, 7) is 0.360. The summed E-state index contributed by atoms with van der Waals surface area (Å²) >= 11 is 7.73. The Hall–Kier alpha value is -2.83. The van der Waals surface area contributed by atoms with Crippen LogP contribution in [0, 0.1) is 0 Å². The maximum Gasteiger partial charge on any atom is 0.244 e. The van der Waals surface area contributed by atoms with Crippen LogP contribution in [0.25, 0.3) is 16.6 Å². The summed E-state index contributed by atoms with van der Waals surface area (Å²) < 4.78 is 10.5. The van der Waals surface area contributed by atoms with E-state index in [1.54, 1.807) is 29.5 Å². The molecule has 0 saturated carbocycles. The number of thiazole rings is 1. The predicted octanol–water partition coefficient (Wildman–Crippen LogP) is 4.81. The summed E-state index contributed by atoms with van der Waals surface area (Å²) in [7, 11) is 3.06. The van der Waals surface area contributed by atoms with Crippen LogP contribution in [0.5, 0.6) is 11.5 Å². The highest BCUT2D eigenvalue weighted by atomic mass is 35.5. The number of hydrogen-bond donors (Lipinski definition) is 1. The minimum atomic E-state index is -0.222. The standard InChI is InChI=1S/C21H19ClN2O3S/c1-26-18-11-14(10-17(22)20(18)27-2)8-9-19(25)23-12-16-13-28-21(24-16)15-6-4-3-5-7-15/h3-11,13H,12H2,1-2H3,(H,23,25)/b9-8+. The van der Waals surface area contributed by atoms with Gasteiger partial charge in [0.15, 0.2) is 11.5 Å². The van der Waals surface area contributed by atoms with E-state index >= 15 is 0 Å². The minimum absolute atomic E-state index is 0.222. The Morgan fingerprint density at radius 2 is 2.00 bits per heavy atom. The van der Waals surface area contributed by atoms with Crippen molar-refractivity contribution in [3.05, 3.63) is 70.2 Å². The molecule has 5 nitrogen and oxygen atoms in total. The molecule has 1 N–H and O–H groups in total. The van der Waals surface area contributed by atoms with E-state index in [-0.39, 0.29) is 5.91 Å². The van der Waals surface area contributed by atoms with Gasteiger partial charge in [-0.25, -0.2) is 4.98 Å². The van der Waals surface area contributed by atoms with Gasteiger partial charge in [0.1, 0.15) is 5.01 Å². The third-order valence-corrected chi connectivity index (χ3v) is 5.12. The molecule has 2 aromatic carbocycles. The summed E-state index contributed by atoms with van der Waals surface area (Å²) in [6.07, 6.45) is 3.11. The monoisotopic (exact) mass is 414 g/mol. The maximum atomic E-state index is 12.1. The van der Waals surface area contributed by atoms with Gasteiger partial charge in [-0.1, -0.05) is 41.9 Å². The zero-order valence-corrected chi connectivity index (χ0v) is 17.0. The Morgan fingerprint density at radius 1 is 1.21 bits per heavy atom. The smallest absolute Gasteiger partial charge is 0.244 e. The van der Waals surface area contributed by atoms with Gasteiger partial charge in [0.05, 0.1) is 31.5 Å². The largest absolute Gasteiger partial charge is 0.493 e. The molecule has 28 heavy (non-hydrogen) atoms. The molecule has 1 heterocycles. The first-order chi connectivity index (χ1) is 13.6. The number of ether oxygens (including phenoxy) is 2. The van der Waals surface area contributed by atoms with E-state index in [4.69, 9.17) is 21.1 Å². The first-order valence-corrected chi connectivity index (χ1v) is 9.73. The fourth-order valence-corrected chi connectivity index (χ4v) is 3.67. The Bertz CT molecular complexity index is 987. The molecule has 0 bridgehead atoms. The van der Waals surface area contributed by atoms with Crippen molar-refractivity contribution in [2.45, 2.75) is 6.54 Å². The molecular formula is C21H19ClN2O3S. The first kappa shape index (κ1) is 19.9. The molecule has 0 aliphatic carbocycles. The van der Waals surface area contributed by atoms with Crippen LogP contribution in [0.2, 0.25) is 5.02 Å². The second-order valence-corrected chi connectivity index (χ2v) is 7.06. The molecule has 3 aromatic rings. The lowest BCUT2D eigenvalue weighted by atomic mass is 10.2. The Kier molecular flexibility index (Phi) is 6.68. The highest BCUT2D eigenvalue weighted by molar-refractivity contribution is 7.13. The van der Waals surface area contributed by atoms with Gasteiger partial charge in [-0.15, -0.1) is 11.3 Å². The summed E-state index contributed by atoms with van der Waals surface area (Å²) in [5, 5.41) is 6.12. The second-order valence-electron chi connectivity index (χ2n) is 5.80. The highest BCUT2D eigenvalue weighted by Crippen LogP contribution is 2.36. The molecule has 0 aliphatic rings. The summed E-state index contributed by atoms with van der Waals surface area (Å²) in [5.41, 5.74) is 2.62. The third-order valence-electron chi connectivity index (χ3n) is 3.90. The molecule has 0 atom stereocenters. The van der Waals surface area contributed by atoms with Crippen molar-refractivity contribution < 1.29 is 14.3 Å². The topological polar surface area (TPSA) is 60.5 Å². The number of methoxy groups -OCH3 is 2. The van der Waals surface area contributed by atoms with Crippen LogP contribution in [-0.2, 0) is 11.3 Å². The zero-order chi connectivity index (χ0) is 19.9. The molecule has 0 saturated heterocycles. The van der Waals surface area contributed by atoms with Gasteiger partial charge < -0.3 is 14.8 Å². The van der Waals surface area contributed by atoms with Crippen LogP contribution in [-0.4, -0.2) is 25.1 Å². The van der Waals surface area contributed by atoms with Crippen molar-refractivity contribution in [1.29, 1.82) is 0 Å². The number of nitrogens with one attached hydrogen (secondary N) is 1. The van der Waals surface area contributed by atoms with Crippen molar-refractivity contribution in [2.24, 2.45) is 0 Å². The van der Waals surface area contributed by atoms with E-state index in [1.165, 1.54) is 20.3 Å². The summed E-state index contributed by atoms with van der Waals surface area (Å²) in [5.74, 6) is 0.745. The summed E-state index contributed by atoms with van der Waals surface area (Å²) in [4.78, 5) is 16.7. The van der Waals surface area contributed by atoms with Crippen molar-refractivity contribution in [2.75, 3.05) is 14.2 Å². The lowest BCUT2D eigenvalue weighted by Gasteiger charge is -2.10. The number of carbonyl (C=O) groups excluding carboxylic acids is 1. The van der Waals surface area contributed by atoms with Crippen molar-refractivity contribution in [1.82, 2.24) is 10.3 Å². The SMILES string of the molecule is COc1cc(/C=C/C(=O)NCc2csc(-c3ccccc3)n2)cc(Cl)c1OC. The maximum absolute atomic E-state index is 12.1. The van der Waals surface area contributed by atoms with Crippen molar-refractivity contribution in [3.8, 4) is 22.1 Å². The number of halogens is 1. The molecule has 144 valence electrons. The van der Waals surface area contributed by atoms with Crippen LogP contribution in [0.1, 0.15) is 11.3 Å². The molecule has 3 rings (SSSR count). The fraction of sp³-hybridized carbons (Fsp3) is 0.143. The van der Waals surface area contributed by atoms with Crippen LogP contribution in [0.15, 0.2) is 53.9 Å². The van der Waals surface area contributed by atoms with E-state index in [0.717, 1.165) is 21.8 Å². The molecule has 1 amide bonds. The summed E-state index contributed by atoms with van der Waals surface area (Å²) in [6, 6.07) is 13.4. The normalized spacial score (nSPS) is 10.8. The van der Waals surface area contributed by atoms with Gasteiger partial charge in [0, 0.05) is 17.0 Å². The van der Waals surface area contributed by atoms with Gasteiger partial charge in [0.2, 0.25) is 5.91 Å². The average Bonchev–Trinajstić information content (AvgIpc) is 3.20. The average molecular weight is 415 g/mol. The Morgan fingerprint density at radius 3 is 2.71 bits per heavy atom. The van der Waals surface area contributed by atoms with E-state index in [1.807, 2.05) is 35.7 Å². The van der Waals surface area contributed by atoms with E-state index in [2.05, 4.69) is 10.3 Å². The highest BCUT2D eigenvalue weighted by Gasteiger charge is 2.10. The van der Waals surface area contributed by atoms with Gasteiger partial charge in [-0.05, 0) is 23.8 Å². The lowest BCUT2D eigenvalue weighted by molar-refractivity contribution is -0.116. The van der Waals surface area contributed by atoms with E-state index < -0.39 is 0 Å². The van der Waals surface area contributed by atoms with Gasteiger partial charge >= 0.3 is 0 Å². The van der Waals surface area contributed by atoms with Gasteiger partial charge in [-0.2, -0.15) is 0 Å². The second kappa shape index (κ2) is 9.39. The number of aromatic nitrogens is 1. The molecule has 1 aromatic heterocycles. The molecule has 0 unspecified atom stereocenters. The predicted molar refractivity (Wildman–Crippen MR) is 113 cm³/mol. The molecule has 0 radical (unpaired) electrons.